The van der Waals surface area contributed by atoms with Crippen molar-refractivity contribution in [3.8, 4) is 0 Å². The Bertz CT molecular complexity index is 352. The van der Waals surface area contributed by atoms with Gasteiger partial charge in [-0.2, -0.15) is 0 Å². The third-order valence-corrected chi connectivity index (χ3v) is 2.46. The van der Waals surface area contributed by atoms with E-state index in [1.165, 1.54) is 0 Å². The van der Waals surface area contributed by atoms with E-state index < -0.39 is 0 Å². The number of aliphatic imine (C=N–C) groups is 1. The second-order valence-electron chi connectivity index (χ2n) is 2.59. The Morgan fingerprint density at radius 1 is 1.64 bits per heavy atom. The number of hydrogen-bond acceptors (Lipinski definition) is 2. The number of nitrogens with zero attached hydrogens (tertiary/aromatic N) is 1. The lowest BCUT2D eigenvalue weighted by atomic mass is 10.2. The quantitative estimate of drug-likeness (QED) is 0.377. The van der Waals surface area contributed by atoms with E-state index in [-0.39, 0.29) is 0 Å². The first-order valence-electron chi connectivity index (χ1n) is 4.15. The summed E-state index contributed by atoms with van der Waals surface area (Å²) in [5, 5.41) is 0.623. The molecule has 14 heavy (non-hydrogen) atoms. The predicted octanol–water partition coefficient (Wildman–Crippen LogP) is 2.33. The van der Waals surface area contributed by atoms with Crippen molar-refractivity contribution in [3.63, 3.8) is 0 Å². The minimum atomic E-state index is 0.596. The van der Waals surface area contributed by atoms with Crippen molar-refractivity contribution in [1.29, 1.82) is 0 Å². The van der Waals surface area contributed by atoms with Crippen molar-refractivity contribution in [2.75, 3.05) is 6.54 Å². The highest BCUT2D eigenvalue weighted by Gasteiger charge is 2.06. The largest absolute Gasteiger partial charge is 0.308 e. The molecular formula is C9H11BrClN3. The molecule has 0 spiro atoms. The van der Waals surface area contributed by atoms with Crippen molar-refractivity contribution in [2.45, 2.75) is 6.92 Å². The third-order valence-electron chi connectivity index (χ3n) is 1.64. The summed E-state index contributed by atoms with van der Waals surface area (Å²) < 4.78 is 0.941. The molecule has 0 unspecified atom stereocenters. The van der Waals surface area contributed by atoms with Crippen LogP contribution in [0.15, 0.2) is 27.7 Å². The number of hydrazine groups is 1. The van der Waals surface area contributed by atoms with Crippen molar-refractivity contribution < 1.29 is 0 Å². The van der Waals surface area contributed by atoms with Crippen molar-refractivity contribution in [1.82, 2.24) is 5.43 Å². The van der Waals surface area contributed by atoms with Gasteiger partial charge in [-0.1, -0.05) is 27.5 Å². The van der Waals surface area contributed by atoms with Crippen LogP contribution < -0.4 is 11.3 Å². The predicted molar refractivity (Wildman–Crippen MR) is 63.6 cm³/mol. The number of benzene rings is 1. The molecule has 5 heteroatoms. The number of halogens is 2. The van der Waals surface area contributed by atoms with Crippen LogP contribution >= 0.6 is 27.5 Å². The van der Waals surface area contributed by atoms with E-state index in [2.05, 4.69) is 26.3 Å². The first-order chi connectivity index (χ1) is 6.69. The summed E-state index contributed by atoms with van der Waals surface area (Å²) in [6.07, 6.45) is 0. The summed E-state index contributed by atoms with van der Waals surface area (Å²) in [7, 11) is 0. The van der Waals surface area contributed by atoms with E-state index in [1.54, 1.807) is 6.07 Å². The van der Waals surface area contributed by atoms with Crippen LogP contribution in [-0.2, 0) is 0 Å². The summed E-state index contributed by atoms with van der Waals surface area (Å²) in [6, 6.07) is 5.53. The van der Waals surface area contributed by atoms with Crippen LogP contribution in [0.1, 0.15) is 12.5 Å². The van der Waals surface area contributed by atoms with Gasteiger partial charge in [0.05, 0.1) is 5.02 Å². The number of hydrogen-bond donors (Lipinski definition) is 2. The van der Waals surface area contributed by atoms with Gasteiger partial charge in [0, 0.05) is 16.6 Å². The first-order valence-corrected chi connectivity index (χ1v) is 5.32. The van der Waals surface area contributed by atoms with E-state index in [1.807, 2.05) is 19.1 Å². The zero-order valence-corrected chi connectivity index (χ0v) is 10.1. The van der Waals surface area contributed by atoms with Gasteiger partial charge in [-0.05, 0) is 25.1 Å². The maximum atomic E-state index is 6.01. The molecule has 76 valence electrons. The van der Waals surface area contributed by atoms with Gasteiger partial charge in [0.25, 0.3) is 0 Å². The van der Waals surface area contributed by atoms with E-state index in [9.17, 15) is 0 Å². The van der Waals surface area contributed by atoms with Gasteiger partial charge in [-0.15, -0.1) is 0 Å². The molecule has 0 saturated heterocycles. The average molecular weight is 277 g/mol. The monoisotopic (exact) mass is 275 g/mol. The molecule has 0 aliphatic rings. The SMILES string of the molecule is CCN=C(NN)c1cc(Br)ccc1Cl. The highest BCUT2D eigenvalue weighted by atomic mass is 79.9. The Morgan fingerprint density at radius 2 is 2.36 bits per heavy atom. The molecule has 0 atom stereocenters. The molecule has 1 rings (SSSR count). The molecule has 0 amide bonds. The standard InChI is InChI=1S/C9H11BrClN3/c1-2-13-9(14-12)7-5-6(10)3-4-8(7)11/h3-5H,2,12H2,1H3,(H,13,14). The molecule has 1 aromatic carbocycles. The fourth-order valence-corrected chi connectivity index (χ4v) is 1.61. The lowest BCUT2D eigenvalue weighted by molar-refractivity contribution is 0.991. The smallest absolute Gasteiger partial charge is 0.144 e. The van der Waals surface area contributed by atoms with Gasteiger partial charge >= 0.3 is 0 Å². The topological polar surface area (TPSA) is 50.4 Å². The van der Waals surface area contributed by atoms with Gasteiger partial charge in [0.2, 0.25) is 0 Å². The number of nitrogens with one attached hydrogen (secondary N) is 1. The Labute approximate surface area is 96.5 Å². The number of amidine groups is 1. The van der Waals surface area contributed by atoms with Gasteiger partial charge in [0.15, 0.2) is 0 Å². The lowest BCUT2D eigenvalue weighted by Gasteiger charge is -2.07. The average Bonchev–Trinajstić information content (AvgIpc) is 2.18. The Hall–Kier alpha value is -0.580. The highest BCUT2D eigenvalue weighted by molar-refractivity contribution is 9.10. The van der Waals surface area contributed by atoms with E-state index in [0.29, 0.717) is 17.4 Å². The molecule has 0 fully saturated rings. The zero-order valence-electron chi connectivity index (χ0n) is 7.72. The summed E-state index contributed by atoms with van der Waals surface area (Å²) in [5.41, 5.74) is 3.33. The molecular weight excluding hydrogens is 265 g/mol. The fraction of sp³-hybridized carbons (Fsp3) is 0.222. The maximum Gasteiger partial charge on any atom is 0.144 e. The number of rotatable bonds is 2. The van der Waals surface area contributed by atoms with Crippen LogP contribution in [-0.4, -0.2) is 12.4 Å². The summed E-state index contributed by atoms with van der Waals surface area (Å²) >= 11 is 9.37. The lowest BCUT2D eigenvalue weighted by Crippen LogP contribution is -2.31. The molecule has 3 N–H and O–H groups in total. The van der Waals surface area contributed by atoms with E-state index >= 15 is 0 Å². The second kappa shape index (κ2) is 5.34. The van der Waals surface area contributed by atoms with E-state index in [0.717, 1.165) is 10.0 Å². The van der Waals surface area contributed by atoms with Crippen LogP contribution in [0.5, 0.6) is 0 Å². The maximum absolute atomic E-state index is 6.01. The van der Waals surface area contributed by atoms with Crippen LogP contribution in [0.3, 0.4) is 0 Å². The van der Waals surface area contributed by atoms with Gasteiger partial charge in [0.1, 0.15) is 5.84 Å². The molecule has 1 aromatic rings. The van der Waals surface area contributed by atoms with Crippen molar-refractivity contribution in [2.24, 2.45) is 10.8 Å². The molecule has 0 radical (unpaired) electrons. The van der Waals surface area contributed by atoms with Crippen molar-refractivity contribution >= 4 is 33.4 Å². The molecule has 0 heterocycles. The van der Waals surface area contributed by atoms with Gasteiger partial charge < -0.3 is 5.43 Å². The summed E-state index contributed by atoms with van der Waals surface area (Å²) in [4.78, 5) is 4.19. The summed E-state index contributed by atoms with van der Waals surface area (Å²) in [6.45, 7) is 2.59. The van der Waals surface area contributed by atoms with Crippen LogP contribution in [0, 0.1) is 0 Å². The molecule has 0 bridgehead atoms. The minimum Gasteiger partial charge on any atom is -0.308 e. The molecule has 3 nitrogen and oxygen atoms in total. The Morgan fingerprint density at radius 3 is 2.93 bits per heavy atom. The zero-order chi connectivity index (χ0) is 10.6. The van der Waals surface area contributed by atoms with Crippen LogP contribution in [0.2, 0.25) is 5.02 Å². The third kappa shape index (κ3) is 2.70. The van der Waals surface area contributed by atoms with Crippen LogP contribution in [0.25, 0.3) is 0 Å². The Kier molecular flexibility index (Phi) is 4.38. The minimum absolute atomic E-state index is 0.596. The Balaban J connectivity index is 3.15. The molecule has 0 saturated carbocycles. The fourth-order valence-electron chi connectivity index (χ4n) is 1.05. The summed E-state index contributed by atoms with van der Waals surface area (Å²) in [5.74, 6) is 5.95. The van der Waals surface area contributed by atoms with Gasteiger partial charge in [-0.3, -0.25) is 4.99 Å². The number of nitrogens with two attached hydrogens (primary N) is 1. The van der Waals surface area contributed by atoms with Gasteiger partial charge in [-0.25, -0.2) is 5.84 Å². The second-order valence-corrected chi connectivity index (χ2v) is 3.91. The highest BCUT2D eigenvalue weighted by Crippen LogP contribution is 2.20. The molecule has 0 aromatic heterocycles. The normalized spacial score (nSPS) is 11.6. The first kappa shape index (κ1) is 11.5. The molecule has 0 aliphatic carbocycles. The molecule has 0 aliphatic heterocycles. The van der Waals surface area contributed by atoms with E-state index in [4.69, 9.17) is 17.4 Å². The van der Waals surface area contributed by atoms with Crippen LogP contribution in [0.4, 0.5) is 0 Å². The van der Waals surface area contributed by atoms with Crippen molar-refractivity contribution in [3.05, 3.63) is 33.3 Å².